The van der Waals surface area contributed by atoms with Crippen LogP contribution in [0.4, 0.5) is 0 Å². The van der Waals surface area contributed by atoms with E-state index in [9.17, 15) is 14.7 Å². The van der Waals surface area contributed by atoms with Gasteiger partial charge in [-0.15, -0.1) is 0 Å². The van der Waals surface area contributed by atoms with Crippen LogP contribution in [0.15, 0.2) is 0 Å². The number of aliphatic hydroxyl groups is 1. The minimum atomic E-state index is -1.10. The summed E-state index contributed by atoms with van der Waals surface area (Å²) in [7, 11) is 1.68. The molecule has 7 nitrogen and oxygen atoms in total. The molecule has 0 aliphatic carbocycles. The Kier molecular flexibility index (Phi) is 17.0. The molecule has 0 heterocycles. The Hall–Kier alpha value is -1.18. The third-order valence-corrected chi connectivity index (χ3v) is 4.19. The highest BCUT2D eigenvalue weighted by Crippen LogP contribution is 2.21. The van der Waals surface area contributed by atoms with Crippen molar-refractivity contribution in [1.29, 1.82) is 0 Å². The van der Waals surface area contributed by atoms with E-state index in [2.05, 4.69) is 5.32 Å². The van der Waals surface area contributed by atoms with Gasteiger partial charge in [0.05, 0.1) is 18.4 Å². The van der Waals surface area contributed by atoms with Crippen molar-refractivity contribution in [3.05, 3.63) is 0 Å². The molecule has 0 fully saturated rings. The first-order valence-corrected chi connectivity index (χ1v) is 9.22. The average Bonchev–Trinajstić information content (AvgIpc) is 2.52. The maximum absolute atomic E-state index is 12.1. The van der Waals surface area contributed by atoms with Crippen molar-refractivity contribution in [2.75, 3.05) is 13.6 Å². The van der Waals surface area contributed by atoms with Crippen LogP contribution in [0.2, 0.25) is 0 Å². The first kappa shape index (κ1) is 26.1. The van der Waals surface area contributed by atoms with E-state index in [-0.39, 0.29) is 30.5 Å². The molecule has 0 saturated heterocycles. The van der Waals surface area contributed by atoms with Crippen molar-refractivity contribution in [1.82, 2.24) is 11.5 Å². The number of carbonyl (C=O) groups is 2. The second-order valence-corrected chi connectivity index (χ2v) is 6.40. The van der Waals surface area contributed by atoms with Gasteiger partial charge in [0.25, 0.3) is 0 Å². The van der Waals surface area contributed by atoms with E-state index in [4.69, 9.17) is 9.84 Å². The molecule has 0 bridgehead atoms. The van der Waals surface area contributed by atoms with E-state index in [1.807, 2.05) is 13.8 Å². The van der Waals surface area contributed by atoms with Crippen LogP contribution in [0.25, 0.3) is 0 Å². The predicted molar refractivity (Wildman–Crippen MR) is 98.6 cm³/mol. The summed E-state index contributed by atoms with van der Waals surface area (Å²) in [6, 6.07) is 0. The van der Waals surface area contributed by atoms with Crippen molar-refractivity contribution < 1.29 is 24.5 Å². The van der Waals surface area contributed by atoms with E-state index >= 15 is 0 Å². The number of carboxylic acid groups (broad SMARTS) is 1. The molecule has 25 heavy (non-hydrogen) atoms. The number of ether oxygens (including phenoxy) is 1. The summed E-state index contributed by atoms with van der Waals surface area (Å²) in [4.78, 5) is 23.2. The van der Waals surface area contributed by atoms with Gasteiger partial charge in [0, 0.05) is 0 Å². The molecule has 0 spiro atoms. The molecule has 0 rings (SSSR count). The number of aliphatic hydroxyl groups excluding tert-OH is 1. The van der Waals surface area contributed by atoms with Crippen LogP contribution in [0, 0.1) is 11.8 Å². The Labute approximate surface area is 152 Å². The highest BCUT2D eigenvalue weighted by atomic mass is 16.6. The molecule has 0 radical (unpaired) electrons. The van der Waals surface area contributed by atoms with Crippen LogP contribution in [0.3, 0.4) is 0 Å². The first-order valence-electron chi connectivity index (χ1n) is 9.22. The zero-order valence-electron chi connectivity index (χ0n) is 16.1. The summed E-state index contributed by atoms with van der Waals surface area (Å²) in [6.45, 7) is 4.24. The maximum atomic E-state index is 12.1. The van der Waals surface area contributed by atoms with Gasteiger partial charge in [-0.25, -0.2) is 0 Å². The molecule has 0 amide bonds. The fourth-order valence-electron chi connectivity index (χ4n) is 2.87. The number of hydrogen-bond donors (Lipinski definition) is 4. The number of nitrogens with one attached hydrogen (secondary N) is 1. The molecule has 6 N–H and O–H groups in total. The lowest BCUT2D eigenvalue weighted by atomic mass is 9.93. The predicted octanol–water partition coefficient (Wildman–Crippen LogP) is 3.10. The average molecular weight is 363 g/mol. The van der Waals surface area contributed by atoms with Crippen molar-refractivity contribution in [2.24, 2.45) is 11.8 Å². The zero-order valence-corrected chi connectivity index (χ0v) is 16.1. The van der Waals surface area contributed by atoms with Crippen molar-refractivity contribution in [2.45, 2.75) is 77.9 Å². The Morgan fingerprint density at radius 1 is 0.960 bits per heavy atom. The number of likely N-dealkylation sites (N-methyl/N-ethyl adjacent to an activating group) is 1. The topological polar surface area (TPSA) is 131 Å². The van der Waals surface area contributed by atoms with Crippen LogP contribution in [0.5, 0.6) is 0 Å². The van der Waals surface area contributed by atoms with Crippen molar-refractivity contribution in [3.8, 4) is 0 Å². The Bertz CT molecular complexity index is 352. The van der Waals surface area contributed by atoms with Gasteiger partial charge in [-0.1, -0.05) is 46.0 Å². The number of aliphatic carboxylic acids is 1. The first-order chi connectivity index (χ1) is 11.5. The van der Waals surface area contributed by atoms with Crippen LogP contribution < -0.4 is 11.5 Å². The molecular weight excluding hydrogens is 324 g/mol. The largest absolute Gasteiger partial charge is 0.481 e. The third-order valence-electron chi connectivity index (χ3n) is 4.19. The van der Waals surface area contributed by atoms with E-state index in [0.29, 0.717) is 6.42 Å². The van der Waals surface area contributed by atoms with Gasteiger partial charge in [0.15, 0.2) is 0 Å². The van der Waals surface area contributed by atoms with Gasteiger partial charge >= 0.3 is 11.9 Å². The number of unbranched alkanes of at least 4 members (excludes halogenated alkanes) is 2. The number of carbonyl (C=O) groups excluding carboxylic acids is 1. The minimum Gasteiger partial charge on any atom is -0.481 e. The summed E-state index contributed by atoms with van der Waals surface area (Å²) in [5.41, 5.74) is 0. The van der Waals surface area contributed by atoms with E-state index in [0.717, 1.165) is 51.4 Å². The lowest BCUT2D eigenvalue weighted by Crippen LogP contribution is -2.31. The second kappa shape index (κ2) is 16.3. The molecular formula is C18H38N2O5. The Morgan fingerprint density at radius 2 is 1.48 bits per heavy atom. The monoisotopic (exact) mass is 362 g/mol. The standard InChI is InChI=1S/C18H35NO5.H3N/c1-4-9-14(17(21)22)11-7-6-8-12-15(10-5-2)18(23)24-16(20)13-19-3;/h14-16,19-20H,4-13H2,1-3H3,(H,21,22);1H3. The molecule has 0 aromatic rings. The van der Waals surface area contributed by atoms with Crippen LogP contribution >= 0.6 is 0 Å². The van der Waals surface area contributed by atoms with E-state index in [1.54, 1.807) is 7.05 Å². The summed E-state index contributed by atoms with van der Waals surface area (Å²) < 4.78 is 5.04. The zero-order chi connectivity index (χ0) is 18.4. The molecule has 0 saturated carbocycles. The normalized spacial score (nSPS) is 14.2. The van der Waals surface area contributed by atoms with Gasteiger partial charge in [-0.3, -0.25) is 9.59 Å². The summed E-state index contributed by atoms with van der Waals surface area (Å²) in [5, 5.41) is 21.4. The molecule has 0 aromatic heterocycles. The maximum Gasteiger partial charge on any atom is 0.311 e. The van der Waals surface area contributed by atoms with Crippen LogP contribution in [0.1, 0.15) is 71.6 Å². The van der Waals surface area contributed by atoms with Gasteiger partial charge in [-0.05, 0) is 32.7 Å². The summed E-state index contributed by atoms with van der Waals surface area (Å²) in [6.07, 6.45) is 6.23. The minimum absolute atomic E-state index is 0. The fraction of sp³-hybridized carbons (Fsp3) is 0.889. The molecule has 0 aliphatic heterocycles. The lowest BCUT2D eigenvalue weighted by molar-refractivity contribution is -0.172. The quantitative estimate of drug-likeness (QED) is 0.200. The second-order valence-electron chi connectivity index (χ2n) is 6.40. The Balaban J connectivity index is 0. The SMILES string of the molecule is CCCC(CCCCCC(CCC)C(=O)OC(O)CNC)C(=O)O.N. The smallest absolute Gasteiger partial charge is 0.311 e. The molecule has 3 unspecified atom stereocenters. The van der Waals surface area contributed by atoms with E-state index < -0.39 is 12.3 Å². The summed E-state index contributed by atoms with van der Waals surface area (Å²) in [5.74, 6) is -1.48. The summed E-state index contributed by atoms with van der Waals surface area (Å²) >= 11 is 0. The van der Waals surface area contributed by atoms with Crippen LogP contribution in [-0.4, -0.2) is 42.0 Å². The number of rotatable bonds is 15. The molecule has 0 aliphatic rings. The molecule has 0 aromatic carbocycles. The van der Waals surface area contributed by atoms with Crippen molar-refractivity contribution in [3.63, 3.8) is 0 Å². The van der Waals surface area contributed by atoms with Gasteiger partial charge in [-0.2, -0.15) is 0 Å². The lowest BCUT2D eigenvalue weighted by Gasteiger charge is -2.18. The van der Waals surface area contributed by atoms with E-state index in [1.165, 1.54) is 0 Å². The fourth-order valence-corrected chi connectivity index (χ4v) is 2.87. The third kappa shape index (κ3) is 12.8. The number of esters is 1. The highest BCUT2D eigenvalue weighted by molar-refractivity contribution is 5.72. The molecule has 3 atom stereocenters. The van der Waals surface area contributed by atoms with Gasteiger partial charge in [0.2, 0.25) is 6.29 Å². The number of hydrogen-bond acceptors (Lipinski definition) is 6. The number of carboxylic acids is 1. The van der Waals surface area contributed by atoms with Crippen molar-refractivity contribution >= 4 is 11.9 Å². The van der Waals surface area contributed by atoms with Gasteiger partial charge < -0.3 is 26.4 Å². The Morgan fingerprint density at radius 3 is 1.96 bits per heavy atom. The molecule has 7 heteroatoms. The highest BCUT2D eigenvalue weighted by Gasteiger charge is 2.21. The van der Waals surface area contributed by atoms with Crippen LogP contribution in [-0.2, 0) is 14.3 Å². The van der Waals surface area contributed by atoms with Gasteiger partial charge in [0.1, 0.15) is 0 Å². The molecule has 150 valence electrons.